The Kier molecular flexibility index (Phi) is 3.88. The Morgan fingerprint density at radius 2 is 1.95 bits per heavy atom. The monoisotopic (exact) mass is 322 g/mol. The molecular formula is C16H15FO4S. The van der Waals surface area contributed by atoms with Gasteiger partial charge in [-0.15, -0.1) is 0 Å². The number of hydrogen-bond donors (Lipinski definition) is 0. The van der Waals surface area contributed by atoms with Crippen molar-refractivity contribution in [3.05, 3.63) is 59.4 Å². The lowest BCUT2D eigenvalue weighted by Crippen LogP contribution is -2.23. The molecule has 22 heavy (non-hydrogen) atoms. The van der Waals surface area contributed by atoms with Crippen molar-refractivity contribution in [3.8, 4) is 5.75 Å². The largest absolute Gasteiger partial charge is 0.487 e. The van der Waals surface area contributed by atoms with Crippen LogP contribution in [-0.4, -0.2) is 21.1 Å². The van der Waals surface area contributed by atoms with Crippen molar-refractivity contribution in [2.75, 3.05) is 6.61 Å². The highest BCUT2D eigenvalue weighted by Crippen LogP contribution is 2.29. The van der Waals surface area contributed by atoms with Crippen molar-refractivity contribution in [2.24, 2.45) is 0 Å². The van der Waals surface area contributed by atoms with Gasteiger partial charge in [-0.2, -0.15) is 8.42 Å². The maximum absolute atomic E-state index is 13.1. The first kappa shape index (κ1) is 15.0. The predicted octanol–water partition coefficient (Wildman–Crippen LogP) is 2.84. The number of hydrogen-bond acceptors (Lipinski definition) is 4. The first-order valence-corrected chi connectivity index (χ1v) is 8.26. The molecule has 1 aliphatic heterocycles. The predicted molar refractivity (Wildman–Crippen MR) is 78.8 cm³/mol. The number of benzene rings is 2. The Morgan fingerprint density at radius 3 is 2.68 bits per heavy atom. The van der Waals surface area contributed by atoms with E-state index in [1.165, 1.54) is 24.3 Å². The zero-order valence-corrected chi connectivity index (χ0v) is 12.8. The van der Waals surface area contributed by atoms with Crippen LogP contribution >= 0.6 is 0 Å². The SMILES string of the molecule is Cc1ccc(S(=O)(=O)OCC2Cc3cc(F)ccc3O2)cc1. The van der Waals surface area contributed by atoms with Crippen LogP contribution in [0.5, 0.6) is 5.75 Å². The number of halogens is 1. The molecule has 0 fully saturated rings. The molecule has 6 heteroatoms. The summed E-state index contributed by atoms with van der Waals surface area (Å²) in [6.07, 6.45) is -0.00622. The molecule has 0 aromatic heterocycles. The van der Waals surface area contributed by atoms with E-state index in [1.54, 1.807) is 18.2 Å². The molecule has 0 bridgehead atoms. The number of aryl methyl sites for hydroxylation is 1. The fraction of sp³-hybridized carbons (Fsp3) is 0.250. The summed E-state index contributed by atoms with van der Waals surface area (Å²) < 4.78 is 47.9. The second-order valence-corrected chi connectivity index (χ2v) is 6.86. The minimum absolute atomic E-state index is 0.105. The molecule has 0 radical (unpaired) electrons. The van der Waals surface area contributed by atoms with Crippen LogP contribution in [0.15, 0.2) is 47.4 Å². The summed E-state index contributed by atoms with van der Waals surface area (Å²) in [4.78, 5) is 0.111. The molecule has 1 unspecified atom stereocenters. The van der Waals surface area contributed by atoms with Crippen molar-refractivity contribution in [1.29, 1.82) is 0 Å². The zero-order chi connectivity index (χ0) is 15.7. The molecule has 3 rings (SSSR count). The molecule has 4 nitrogen and oxygen atoms in total. The van der Waals surface area contributed by atoms with Gasteiger partial charge in [0.25, 0.3) is 10.1 Å². The molecule has 1 heterocycles. The minimum Gasteiger partial charge on any atom is -0.487 e. The molecule has 0 saturated heterocycles. The lowest BCUT2D eigenvalue weighted by atomic mass is 10.1. The molecular weight excluding hydrogens is 307 g/mol. The third-order valence-corrected chi connectivity index (χ3v) is 4.78. The molecule has 2 aromatic carbocycles. The minimum atomic E-state index is -3.81. The first-order valence-electron chi connectivity index (χ1n) is 6.85. The number of rotatable bonds is 4. The number of fused-ring (bicyclic) bond motifs is 1. The summed E-state index contributed by atoms with van der Waals surface area (Å²) >= 11 is 0. The summed E-state index contributed by atoms with van der Waals surface area (Å²) in [5.41, 5.74) is 1.69. The van der Waals surface area contributed by atoms with Crippen LogP contribution in [0, 0.1) is 12.7 Å². The zero-order valence-electron chi connectivity index (χ0n) is 12.0. The highest BCUT2D eigenvalue weighted by atomic mass is 32.2. The van der Waals surface area contributed by atoms with E-state index < -0.39 is 16.2 Å². The van der Waals surface area contributed by atoms with Gasteiger partial charge < -0.3 is 4.74 Å². The van der Waals surface area contributed by atoms with Gasteiger partial charge in [-0.3, -0.25) is 4.18 Å². The summed E-state index contributed by atoms with van der Waals surface area (Å²) in [7, 11) is -3.81. The Labute approximate surface area is 128 Å². The Morgan fingerprint density at radius 1 is 1.23 bits per heavy atom. The van der Waals surface area contributed by atoms with Crippen molar-refractivity contribution in [2.45, 2.75) is 24.3 Å². The van der Waals surface area contributed by atoms with Gasteiger partial charge in [0, 0.05) is 12.0 Å². The topological polar surface area (TPSA) is 52.6 Å². The molecule has 0 saturated carbocycles. The van der Waals surface area contributed by atoms with Crippen LogP contribution in [0.1, 0.15) is 11.1 Å². The molecule has 0 amide bonds. The number of ether oxygens (including phenoxy) is 1. The molecule has 0 aliphatic carbocycles. The standard InChI is InChI=1S/C16H15FO4S/c1-11-2-5-15(6-3-11)22(18,19)20-10-14-9-12-8-13(17)4-7-16(12)21-14/h2-8,14H,9-10H2,1H3. The van der Waals surface area contributed by atoms with Crippen LogP contribution in [-0.2, 0) is 20.7 Å². The van der Waals surface area contributed by atoms with Crippen molar-refractivity contribution < 1.29 is 21.7 Å². The average Bonchev–Trinajstić information content (AvgIpc) is 2.88. The van der Waals surface area contributed by atoms with E-state index in [0.717, 1.165) is 11.1 Å². The van der Waals surface area contributed by atoms with Crippen molar-refractivity contribution in [1.82, 2.24) is 0 Å². The summed E-state index contributed by atoms with van der Waals surface area (Å²) in [5.74, 6) is 0.235. The molecule has 1 atom stereocenters. The van der Waals surface area contributed by atoms with E-state index in [1.807, 2.05) is 6.92 Å². The van der Waals surface area contributed by atoms with Crippen LogP contribution < -0.4 is 4.74 Å². The maximum atomic E-state index is 13.1. The summed E-state index contributed by atoms with van der Waals surface area (Å²) in [6, 6.07) is 10.7. The second kappa shape index (κ2) is 5.70. The normalized spacial score (nSPS) is 17.1. The van der Waals surface area contributed by atoms with Gasteiger partial charge in [0.1, 0.15) is 24.3 Å². The van der Waals surface area contributed by atoms with E-state index in [2.05, 4.69) is 0 Å². The fourth-order valence-corrected chi connectivity index (χ4v) is 3.26. The third kappa shape index (κ3) is 3.13. The first-order chi connectivity index (χ1) is 10.4. The Bertz CT molecular complexity index is 784. The van der Waals surface area contributed by atoms with Crippen LogP contribution in [0.4, 0.5) is 4.39 Å². The third-order valence-electron chi connectivity index (χ3n) is 3.48. The lowest BCUT2D eigenvalue weighted by Gasteiger charge is -2.11. The van der Waals surface area contributed by atoms with Gasteiger partial charge in [-0.1, -0.05) is 17.7 Å². The van der Waals surface area contributed by atoms with E-state index in [4.69, 9.17) is 8.92 Å². The Balaban J connectivity index is 1.65. The van der Waals surface area contributed by atoms with E-state index in [0.29, 0.717) is 12.2 Å². The summed E-state index contributed by atoms with van der Waals surface area (Å²) in [5, 5.41) is 0. The van der Waals surface area contributed by atoms with Crippen molar-refractivity contribution >= 4 is 10.1 Å². The van der Waals surface area contributed by atoms with Gasteiger partial charge in [0.2, 0.25) is 0 Å². The quantitative estimate of drug-likeness (QED) is 0.812. The van der Waals surface area contributed by atoms with Crippen LogP contribution in [0.25, 0.3) is 0 Å². The van der Waals surface area contributed by atoms with Gasteiger partial charge in [-0.25, -0.2) is 4.39 Å². The Hall–Kier alpha value is -1.92. The van der Waals surface area contributed by atoms with Crippen molar-refractivity contribution in [3.63, 3.8) is 0 Å². The average molecular weight is 322 g/mol. The molecule has 1 aliphatic rings. The van der Waals surface area contributed by atoms with Gasteiger partial charge in [0.15, 0.2) is 0 Å². The van der Waals surface area contributed by atoms with Crippen LogP contribution in [0.2, 0.25) is 0 Å². The summed E-state index contributed by atoms with van der Waals surface area (Å²) in [6.45, 7) is 1.77. The van der Waals surface area contributed by atoms with E-state index in [9.17, 15) is 12.8 Å². The van der Waals surface area contributed by atoms with Gasteiger partial charge >= 0.3 is 0 Å². The molecule has 0 N–H and O–H groups in total. The van der Waals surface area contributed by atoms with E-state index in [-0.39, 0.29) is 17.3 Å². The molecule has 0 spiro atoms. The lowest BCUT2D eigenvalue weighted by molar-refractivity contribution is 0.152. The molecule has 116 valence electrons. The van der Waals surface area contributed by atoms with Crippen LogP contribution in [0.3, 0.4) is 0 Å². The maximum Gasteiger partial charge on any atom is 0.297 e. The highest BCUT2D eigenvalue weighted by molar-refractivity contribution is 7.86. The van der Waals surface area contributed by atoms with Gasteiger partial charge in [0.05, 0.1) is 4.90 Å². The smallest absolute Gasteiger partial charge is 0.297 e. The van der Waals surface area contributed by atoms with Gasteiger partial charge in [-0.05, 0) is 37.3 Å². The van der Waals surface area contributed by atoms with E-state index >= 15 is 0 Å². The molecule has 2 aromatic rings. The highest BCUT2D eigenvalue weighted by Gasteiger charge is 2.26. The second-order valence-electron chi connectivity index (χ2n) is 5.25. The fourth-order valence-electron chi connectivity index (χ4n) is 2.32.